The number of guanidine groups is 1. The molecule has 0 aromatic carbocycles. The second kappa shape index (κ2) is 9.34. The van der Waals surface area contributed by atoms with Gasteiger partial charge in [-0.15, -0.1) is 11.3 Å². The van der Waals surface area contributed by atoms with Gasteiger partial charge in [0.2, 0.25) is 10.0 Å². The van der Waals surface area contributed by atoms with Crippen molar-refractivity contribution in [3.05, 3.63) is 16.5 Å². The van der Waals surface area contributed by atoms with Crippen LogP contribution in [0.2, 0.25) is 4.34 Å². The molecule has 6 nitrogen and oxygen atoms in total. The topological polar surface area (TPSA) is 82.6 Å². The molecule has 0 spiro atoms. The van der Waals surface area contributed by atoms with E-state index in [-0.39, 0.29) is 10.8 Å². The molecular weight excluding hydrogens is 344 g/mol. The van der Waals surface area contributed by atoms with E-state index in [0.29, 0.717) is 22.8 Å². The van der Waals surface area contributed by atoms with Crippen LogP contribution in [0, 0.1) is 5.92 Å². The molecule has 0 bridgehead atoms. The molecule has 0 aliphatic carbocycles. The second-order valence-corrected chi connectivity index (χ2v) is 8.71. The Morgan fingerprint density at radius 3 is 2.59 bits per heavy atom. The van der Waals surface area contributed by atoms with Crippen molar-refractivity contribution in [2.45, 2.75) is 25.0 Å². The molecule has 22 heavy (non-hydrogen) atoms. The van der Waals surface area contributed by atoms with Crippen LogP contribution in [0.5, 0.6) is 0 Å². The monoisotopic (exact) mass is 366 g/mol. The van der Waals surface area contributed by atoms with E-state index in [1.54, 1.807) is 6.07 Å². The van der Waals surface area contributed by atoms with Crippen LogP contribution in [0.4, 0.5) is 0 Å². The molecule has 1 aromatic heterocycles. The van der Waals surface area contributed by atoms with Crippen LogP contribution >= 0.6 is 22.9 Å². The van der Waals surface area contributed by atoms with Crippen LogP contribution in [0.3, 0.4) is 0 Å². The van der Waals surface area contributed by atoms with E-state index in [2.05, 4.69) is 34.2 Å². The molecule has 1 rings (SSSR count). The highest BCUT2D eigenvalue weighted by Crippen LogP contribution is 2.24. The van der Waals surface area contributed by atoms with Gasteiger partial charge in [-0.2, -0.15) is 0 Å². The van der Waals surface area contributed by atoms with Crippen molar-refractivity contribution in [2.75, 3.05) is 26.2 Å². The Balaban J connectivity index is 2.44. The molecular formula is C13H23ClN4O2S2. The van der Waals surface area contributed by atoms with Gasteiger partial charge in [0.05, 0.1) is 4.34 Å². The molecule has 0 aliphatic heterocycles. The van der Waals surface area contributed by atoms with Gasteiger partial charge >= 0.3 is 0 Å². The number of sulfonamides is 1. The first-order chi connectivity index (χ1) is 10.3. The summed E-state index contributed by atoms with van der Waals surface area (Å²) in [5.74, 6) is 1.16. The summed E-state index contributed by atoms with van der Waals surface area (Å²) < 4.78 is 27.2. The highest BCUT2D eigenvalue weighted by atomic mass is 35.5. The molecule has 1 aromatic rings. The number of thiophene rings is 1. The number of nitrogens with zero attached hydrogens (tertiary/aromatic N) is 1. The van der Waals surface area contributed by atoms with Crippen LogP contribution in [-0.4, -0.2) is 40.6 Å². The molecule has 0 fully saturated rings. The Labute approximate surface area is 141 Å². The minimum absolute atomic E-state index is 0.220. The number of hydrogen-bond donors (Lipinski definition) is 3. The zero-order valence-electron chi connectivity index (χ0n) is 13.0. The highest BCUT2D eigenvalue weighted by Gasteiger charge is 2.15. The van der Waals surface area contributed by atoms with Crippen LogP contribution in [0.15, 0.2) is 21.3 Å². The van der Waals surface area contributed by atoms with Crippen molar-refractivity contribution in [3.8, 4) is 0 Å². The summed E-state index contributed by atoms with van der Waals surface area (Å²) in [6.07, 6.45) is 0. The molecule has 126 valence electrons. The van der Waals surface area contributed by atoms with Gasteiger partial charge in [0.1, 0.15) is 4.21 Å². The lowest BCUT2D eigenvalue weighted by Crippen LogP contribution is -2.41. The Kier molecular flexibility index (Phi) is 8.16. The normalized spacial score (nSPS) is 12.7. The number of hydrogen-bond acceptors (Lipinski definition) is 4. The quantitative estimate of drug-likeness (QED) is 0.373. The lowest BCUT2D eigenvalue weighted by molar-refractivity contribution is 0.582. The van der Waals surface area contributed by atoms with Crippen LogP contribution in [-0.2, 0) is 10.0 Å². The lowest BCUT2D eigenvalue weighted by Gasteiger charge is -2.12. The SMILES string of the molecule is CCNC(=NCC(C)C)NCCNS(=O)(=O)c1ccc(Cl)s1. The zero-order chi connectivity index (χ0) is 16.6. The van der Waals surface area contributed by atoms with E-state index >= 15 is 0 Å². The van der Waals surface area contributed by atoms with E-state index in [9.17, 15) is 8.42 Å². The molecule has 0 amide bonds. The molecule has 9 heteroatoms. The van der Waals surface area contributed by atoms with E-state index in [0.717, 1.165) is 24.4 Å². The van der Waals surface area contributed by atoms with Crippen LogP contribution < -0.4 is 15.4 Å². The Morgan fingerprint density at radius 1 is 1.32 bits per heavy atom. The standard InChI is InChI=1S/C13H23ClN4O2S2/c1-4-15-13(17-9-10(2)3)16-7-8-18-22(19,20)12-6-5-11(14)21-12/h5-6,10,18H,4,7-9H2,1-3H3,(H2,15,16,17). The van der Waals surface area contributed by atoms with Gasteiger partial charge in [0.25, 0.3) is 0 Å². The summed E-state index contributed by atoms with van der Waals surface area (Å²) in [5, 5.41) is 6.21. The third kappa shape index (κ3) is 6.95. The third-order valence-corrected chi connectivity index (χ3v) is 5.67. The van der Waals surface area contributed by atoms with Gasteiger partial charge in [-0.25, -0.2) is 13.1 Å². The summed E-state index contributed by atoms with van der Waals surface area (Å²) in [6.45, 7) is 8.35. The molecule has 0 radical (unpaired) electrons. The fourth-order valence-electron chi connectivity index (χ4n) is 1.50. The Bertz CT molecular complexity index is 585. The Hall–Kier alpha value is -0.830. The van der Waals surface area contributed by atoms with Crippen molar-refractivity contribution >= 4 is 38.9 Å². The summed E-state index contributed by atoms with van der Waals surface area (Å²) >= 11 is 6.79. The number of halogens is 1. The predicted octanol–water partition coefficient (Wildman–Crippen LogP) is 1.89. The minimum atomic E-state index is -3.49. The second-order valence-electron chi connectivity index (χ2n) is 5.00. The molecule has 0 atom stereocenters. The average Bonchev–Trinajstić information content (AvgIpc) is 2.88. The van der Waals surface area contributed by atoms with Gasteiger partial charge in [-0.1, -0.05) is 25.4 Å². The van der Waals surface area contributed by atoms with E-state index in [1.165, 1.54) is 6.07 Å². The maximum Gasteiger partial charge on any atom is 0.250 e. The number of aliphatic imine (C=N–C) groups is 1. The molecule has 0 unspecified atom stereocenters. The molecule has 3 N–H and O–H groups in total. The maximum absolute atomic E-state index is 12.0. The fraction of sp³-hybridized carbons (Fsp3) is 0.615. The van der Waals surface area contributed by atoms with Crippen molar-refractivity contribution in [1.82, 2.24) is 15.4 Å². The van der Waals surface area contributed by atoms with E-state index < -0.39 is 10.0 Å². The Morgan fingerprint density at radius 2 is 2.05 bits per heavy atom. The largest absolute Gasteiger partial charge is 0.357 e. The van der Waals surface area contributed by atoms with Gasteiger partial charge < -0.3 is 10.6 Å². The van der Waals surface area contributed by atoms with E-state index in [1.807, 2.05) is 6.92 Å². The van der Waals surface area contributed by atoms with Gasteiger partial charge in [0, 0.05) is 26.2 Å². The van der Waals surface area contributed by atoms with Crippen molar-refractivity contribution in [2.24, 2.45) is 10.9 Å². The first kappa shape index (κ1) is 19.2. The van der Waals surface area contributed by atoms with Crippen molar-refractivity contribution in [1.29, 1.82) is 0 Å². The number of rotatable bonds is 8. The maximum atomic E-state index is 12.0. The summed E-state index contributed by atoms with van der Waals surface area (Å²) in [7, 11) is -3.49. The summed E-state index contributed by atoms with van der Waals surface area (Å²) in [6, 6.07) is 3.07. The summed E-state index contributed by atoms with van der Waals surface area (Å²) in [5.41, 5.74) is 0. The van der Waals surface area contributed by atoms with Crippen LogP contribution in [0.1, 0.15) is 20.8 Å². The zero-order valence-corrected chi connectivity index (χ0v) is 15.4. The smallest absolute Gasteiger partial charge is 0.250 e. The first-order valence-electron chi connectivity index (χ1n) is 7.12. The van der Waals surface area contributed by atoms with Gasteiger partial charge in [-0.3, -0.25) is 4.99 Å². The summed E-state index contributed by atoms with van der Waals surface area (Å²) in [4.78, 5) is 4.41. The molecule has 0 saturated carbocycles. The minimum Gasteiger partial charge on any atom is -0.357 e. The highest BCUT2D eigenvalue weighted by molar-refractivity contribution is 7.91. The molecule has 0 aliphatic rings. The van der Waals surface area contributed by atoms with Crippen LogP contribution in [0.25, 0.3) is 0 Å². The fourth-order valence-corrected chi connectivity index (χ4v) is 4.05. The van der Waals surface area contributed by atoms with Gasteiger partial charge in [-0.05, 0) is 25.0 Å². The van der Waals surface area contributed by atoms with E-state index in [4.69, 9.17) is 11.6 Å². The molecule has 1 heterocycles. The third-order valence-electron chi connectivity index (χ3n) is 2.48. The van der Waals surface area contributed by atoms with Gasteiger partial charge in [0.15, 0.2) is 5.96 Å². The van der Waals surface area contributed by atoms with Crippen molar-refractivity contribution < 1.29 is 8.42 Å². The molecule has 0 saturated heterocycles. The predicted molar refractivity (Wildman–Crippen MR) is 93.3 cm³/mol. The average molecular weight is 367 g/mol. The first-order valence-corrected chi connectivity index (χ1v) is 9.80. The number of nitrogens with one attached hydrogen (secondary N) is 3. The van der Waals surface area contributed by atoms with Crippen molar-refractivity contribution in [3.63, 3.8) is 0 Å². The lowest BCUT2D eigenvalue weighted by atomic mass is 10.2.